The maximum Gasteiger partial charge on any atom is 0.137 e. The van der Waals surface area contributed by atoms with Crippen molar-refractivity contribution >= 4 is 5.78 Å². The highest BCUT2D eigenvalue weighted by Crippen LogP contribution is 2.64. The lowest BCUT2D eigenvalue weighted by Gasteiger charge is -2.59. The van der Waals surface area contributed by atoms with Gasteiger partial charge in [0.15, 0.2) is 0 Å². The molecule has 30 heavy (non-hydrogen) atoms. The Morgan fingerprint density at radius 1 is 1.17 bits per heavy atom. The highest BCUT2D eigenvalue weighted by Gasteiger charge is 2.59. The second-order valence-corrected chi connectivity index (χ2v) is 10.3. The quantitative estimate of drug-likeness (QED) is 0.245. The molecule has 1 aromatic carbocycles. The normalized spacial score (nSPS) is 28.6. The molecule has 0 spiro atoms. The lowest BCUT2D eigenvalue weighted by Crippen LogP contribution is -2.56. The third-order valence-corrected chi connectivity index (χ3v) is 8.55. The lowest BCUT2D eigenvalue weighted by atomic mass is 9.44. The molecule has 3 atom stereocenters. The number of carbonyl (C=O) groups is 1. The van der Waals surface area contributed by atoms with Crippen molar-refractivity contribution < 1.29 is 15.0 Å². The van der Waals surface area contributed by atoms with Crippen LogP contribution in [0.25, 0.3) is 10.4 Å². The van der Waals surface area contributed by atoms with Gasteiger partial charge in [0.25, 0.3) is 0 Å². The van der Waals surface area contributed by atoms with E-state index in [0.29, 0.717) is 24.4 Å². The second-order valence-electron chi connectivity index (χ2n) is 10.3. The molecule has 6 nitrogen and oxygen atoms in total. The summed E-state index contributed by atoms with van der Waals surface area (Å²) >= 11 is 0. The number of Topliss-reactive ketones (excluding diaryl/α,β-unsaturated/α-hetero) is 1. The van der Waals surface area contributed by atoms with E-state index in [1.165, 1.54) is 0 Å². The summed E-state index contributed by atoms with van der Waals surface area (Å²) in [4.78, 5) is 15.4. The number of carbonyl (C=O) groups excluding carboxylic acids is 1. The fourth-order valence-electron chi connectivity index (χ4n) is 6.73. The smallest absolute Gasteiger partial charge is 0.137 e. The minimum atomic E-state index is -0.102. The van der Waals surface area contributed by atoms with Crippen molar-refractivity contribution in [2.24, 2.45) is 22.4 Å². The SMILES string of the molecule is CC1(C)C2CC1[C@H](c1c(O)cc(C3(CCCCN=[N+]=[N-])CCCC3)cc1O)CC2=O. The average molecular weight is 412 g/mol. The maximum atomic E-state index is 12.6. The van der Waals surface area contributed by atoms with Crippen LogP contribution in [-0.4, -0.2) is 22.5 Å². The number of ketones is 1. The second kappa shape index (κ2) is 7.81. The molecule has 0 saturated heterocycles. The Morgan fingerprint density at radius 3 is 2.40 bits per heavy atom. The molecule has 4 fully saturated rings. The van der Waals surface area contributed by atoms with Gasteiger partial charge in [-0.05, 0) is 72.1 Å². The Labute approximate surface area is 178 Å². The molecule has 0 amide bonds. The van der Waals surface area contributed by atoms with Gasteiger partial charge in [0.2, 0.25) is 0 Å². The van der Waals surface area contributed by atoms with E-state index in [0.717, 1.165) is 56.9 Å². The van der Waals surface area contributed by atoms with E-state index < -0.39 is 0 Å². The average Bonchev–Trinajstić information content (AvgIpc) is 3.16. The number of azide groups is 1. The van der Waals surface area contributed by atoms with Crippen molar-refractivity contribution in [3.63, 3.8) is 0 Å². The van der Waals surface area contributed by atoms with Gasteiger partial charge in [0, 0.05) is 35.3 Å². The summed E-state index contributed by atoms with van der Waals surface area (Å²) in [5, 5.41) is 25.6. The summed E-state index contributed by atoms with van der Waals surface area (Å²) in [6, 6.07) is 3.71. The molecule has 0 heterocycles. The fraction of sp³-hybridized carbons (Fsp3) is 0.708. The van der Waals surface area contributed by atoms with Crippen molar-refractivity contribution in [1.82, 2.24) is 0 Å². The molecule has 0 aromatic heterocycles. The molecule has 1 aromatic rings. The van der Waals surface area contributed by atoms with E-state index in [4.69, 9.17) is 5.53 Å². The monoisotopic (exact) mass is 411 g/mol. The van der Waals surface area contributed by atoms with Gasteiger partial charge in [-0.15, -0.1) is 0 Å². The molecule has 0 aliphatic heterocycles. The third kappa shape index (κ3) is 3.35. The van der Waals surface area contributed by atoms with Crippen LogP contribution in [0.15, 0.2) is 17.2 Å². The topological polar surface area (TPSA) is 106 Å². The van der Waals surface area contributed by atoms with Gasteiger partial charge in [0.1, 0.15) is 17.3 Å². The van der Waals surface area contributed by atoms with Crippen molar-refractivity contribution in [1.29, 1.82) is 0 Å². The summed E-state index contributed by atoms with van der Waals surface area (Å²) in [6.07, 6.45) is 8.45. The van der Waals surface area contributed by atoms with Crippen LogP contribution in [0, 0.1) is 17.3 Å². The number of phenolic OH excluding ortho intramolecular Hbond substituents is 2. The van der Waals surface area contributed by atoms with Crippen LogP contribution in [0.3, 0.4) is 0 Å². The number of rotatable bonds is 7. The number of aromatic hydroxyl groups is 2. The van der Waals surface area contributed by atoms with Gasteiger partial charge in [-0.1, -0.05) is 38.2 Å². The van der Waals surface area contributed by atoms with Crippen LogP contribution in [0.2, 0.25) is 0 Å². The van der Waals surface area contributed by atoms with Crippen molar-refractivity contribution in [2.45, 2.75) is 83.0 Å². The molecule has 6 heteroatoms. The number of unbranched alkanes of at least 4 members (excludes halogenated alkanes) is 1. The zero-order chi connectivity index (χ0) is 21.5. The number of hydrogen-bond donors (Lipinski definition) is 2. The number of nitrogens with zero attached hydrogens (tertiary/aromatic N) is 3. The molecule has 0 radical (unpaired) electrons. The first-order chi connectivity index (χ1) is 14.3. The molecular formula is C24H33N3O3. The predicted octanol–water partition coefficient (Wildman–Crippen LogP) is 6.11. The Hall–Kier alpha value is -2.20. The van der Waals surface area contributed by atoms with Crippen LogP contribution in [0.4, 0.5) is 0 Å². The van der Waals surface area contributed by atoms with Gasteiger partial charge in [0.05, 0.1) is 0 Å². The molecule has 2 unspecified atom stereocenters. The van der Waals surface area contributed by atoms with Crippen LogP contribution >= 0.6 is 0 Å². The van der Waals surface area contributed by atoms with Crippen molar-refractivity contribution in [3.8, 4) is 11.5 Å². The zero-order valence-corrected chi connectivity index (χ0v) is 18.1. The largest absolute Gasteiger partial charge is 0.508 e. The number of hydrogen-bond acceptors (Lipinski definition) is 4. The van der Waals surface area contributed by atoms with E-state index in [-0.39, 0.29) is 39.9 Å². The van der Waals surface area contributed by atoms with E-state index in [9.17, 15) is 15.0 Å². The summed E-state index contributed by atoms with van der Waals surface area (Å²) < 4.78 is 0. The molecule has 2 N–H and O–H groups in total. The van der Waals surface area contributed by atoms with Gasteiger partial charge in [-0.3, -0.25) is 4.79 Å². The van der Waals surface area contributed by atoms with Crippen LogP contribution in [0.1, 0.15) is 88.7 Å². The summed E-state index contributed by atoms with van der Waals surface area (Å²) in [7, 11) is 0. The van der Waals surface area contributed by atoms with Gasteiger partial charge < -0.3 is 10.2 Å². The zero-order valence-electron chi connectivity index (χ0n) is 18.1. The van der Waals surface area contributed by atoms with Crippen LogP contribution in [-0.2, 0) is 10.2 Å². The fourth-order valence-corrected chi connectivity index (χ4v) is 6.73. The van der Waals surface area contributed by atoms with E-state index in [1.54, 1.807) is 0 Å². The minimum Gasteiger partial charge on any atom is -0.508 e. The molecular weight excluding hydrogens is 378 g/mol. The van der Waals surface area contributed by atoms with Crippen LogP contribution < -0.4 is 0 Å². The highest BCUT2D eigenvalue weighted by molar-refractivity contribution is 5.86. The van der Waals surface area contributed by atoms with Gasteiger partial charge in [-0.2, -0.15) is 0 Å². The maximum absolute atomic E-state index is 12.6. The molecule has 4 aliphatic carbocycles. The molecule has 4 saturated carbocycles. The predicted molar refractivity (Wildman–Crippen MR) is 116 cm³/mol. The first-order valence-corrected chi connectivity index (χ1v) is 11.4. The minimum absolute atomic E-state index is 0.0347. The Bertz CT molecular complexity index is 859. The molecule has 2 bridgehead atoms. The van der Waals surface area contributed by atoms with Gasteiger partial charge in [-0.25, -0.2) is 0 Å². The van der Waals surface area contributed by atoms with Crippen molar-refractivity contribution in [3.05, 3.63) is 33.7 Å². The van der Waals surface area contributed by atoms with E-state index >= 15 is 0 Å². The summed E-state index contributed by atoms with van der Waals surface area (Å²) in [5.74, 6) is 0.907. The number of benzene rings is 1. The Kier molecular flexibility index (Phi) is 5.48. The summed E-state index contributed by atoms with van der Waals surface area (Å²) in [6.45, 7) is 4.79. The first kappa shape index (κ1) is 21.0. The van der Waals surface area contributed by atoms with E-state index in [2.05, 4.69) is 23.9 Å². The number of fused-ring (bicyclic) bond motifs is 2. The van der Waals surface area contributed by atoms with Crippen LogP contribution in [0.5, 0.6) is 11.5 Å². The lowest BCUT2D eigenvalue weighted by molar-refractivity contribution is -0.151. The molecule has 4 aliphatic rings. The van der Waals surface area contributed by atoms with Gasteiger partial charge >= 0.3 is 0 Å². The van der Waals surface area contributed by atoms with Crippen molar-refractivity contribution in [2.75, 3.05) is 6.54 Å². The standard InChI is InChI=1S/C24H33N3O3/c1-23(2)17-14-18(23)19(28)13-16(17)22-20(29)11-15(12-21(22)30)24(7-3-4-8-24)9-5-6-10-26-27-25/h11-12,16-18,29-30H,3-10,13-14H2,1-2H3/t16-,17?,18?/m1/s1. The Balaban J connectivity index is 1.60. The Morgan fingerprint density at radius 2 is 1.83 bits per heavy atom. The molecule has 5 rings (SSSR count). The third-order valence-electron chi connectivity index (χ3n) is 8.55. The first-order valence-electron chi connectivity index (χ1n) is 11.4. The number of phenols is 2. The van der Waals surface area contributed by atoms with E-state index in [1.807, 2.05) is 12.1 Å². The highest BCUT2D eigenvalue weighted by atomic mass is 16.3. The summed E-state index contributed by atoms with van der Waals surface area (Å²) in [5.41, 5.74) is 9.94. The molecule has 162 valence electrons.